The van der Waals surface area contributed by atoms with Crippen LogP contribution in [0.3, 0.4) is 0 Å². The summed E-state index contributed by atoms with van der Waals surface area (Å²) in [6, 6.07) is 0.611. The summed E-state index contributed by atoms with van der Waals surface area (Å²) in [4.78, 5) is 11.5. The molecule has 0 radical (unpaired) electrons. The van der Waals surface area contributed by atoms with E-state index in [4.69, 9.17) is 0 Å². The van der Waals surface area contributed by atoms with Gasteiger partial charge in [-0.1, -0.05) is 27.2 Å². The van der Waals surface area contributed by atoms with Crippen molar-refractivity contribution in [2.45, 2.75) is 52.5 Å². The molecule has 15 heavy (non-hydrogen) atoms. The lowest BCUT2D eigenvalue weighted by atomic mass is 9.88. The lowest BCUT2D eigenvalue weighted by Crippen LogP contribution is -2.39. The predicted octanol–water partition coefficient (Wildman–Crippen LogP) is 1.68. The van der Waals surface area contributed by atoms with Crippen LogP contribution in [0.5, 0.6) is 0 Å². The van der Waals surface area contributed by atoms with E-state index in [9.17, 15) is 4.79 Å². The number of rotatable bonds is 7. The zero-order valence-corrected chi connectivity index (χ0v) is 10.2. The van der Waals surface area contributed by atoms with Crippen LogP contribution in [0, 0.1) is 5.41 Å². The number of carbonyl (C=O) groups excluding carboxylic acids is 1. The van der Waals surface area contributed by atoms with E-state index in [1.807, 2.05) is 0 Å². The van der Waals surface area contributed by atoms with Gasteiger partial charge in [0.15, 0.2) is 0 Å². The zero-order chi connectivity index (χ0) is 11.3. The van der Waals surface area contributed by atoms with Gasteiger partial charge in [0, 0.05) is 12.6 Å². The quantitative estimate of drug-likeness (QED) is 0.674. The molecule has 1 fully saturated rings. The highest BCUT2D eigenvalue weighted by atomic mass is 16.1. The van der Waals surface area contributed by atoms with Gasteiger partial charge in [0.1, 0.15) is 0 Å². The molecule has 0 heterocycles. The third-order valence-electron chi connectivity index (χ3n) is 2.82. The normalized spacial score (nSPS) is 16.5. The van der Waals surface area contributed by atoms with Gasteiger partial charge in [0.05, 0.1) is 6.54 Å². The lowest BCUT2D eigenvalue weighted by molar-refractivity contribution is -0.120. The smallest absolute Gasteiger partial charge is 0.233 e. The highest BCUT2D eigenvalue weighted by molar-refractivity contribution is 5.78. The number of hydrogen-bond donors (Lipinski definition) is 2. The van der Waals surface area contributed by atoms with Crippen molar-refractivity contribution in [1.82, 2.24) is 10.6 Å². The Morgan fingerprint density at radius 1 is 1.40 bits per heavy atom. The van der Waals surface area contributed by atoms with Gasteiger partial charge in [-0.3, -0.25) is 4.79 Å². The second-order valence-electron chi connectivity index (χ2n) is 5.35. The molecule has 0 aromatic carbocycles. The molecule has 0 unspecified atom stereocenters. The molecule has 0 spiro atoms. The minimum absolute atomic E-state index is 0.131. The van der Waals surface area contributed by atoms with E-state index < -0.39 is 0 Å². The predicted molar refractivity (Wildman–Crippen MR) is 62.7 cm³/mol. The van der Waals surface area contributed by atoms with Crippen LogP contribution in [-0.2, 0) is 4.79 Å². The number of nitrogens with one attached hydrogen (secondary N) is 2. The fourth-order valence-corrected chi connectivity index (χ4v) is 1.69. The molecule has 1 aliphatic carbocycles. The Morgan fingerprint density at radius 3 is 2.60 bits per heavy atom. The van der Waals surface area contributed by atoms with Crippen molar-refractivity contribution in [2.24, 2.45) is 5.41 Å². The van der Waals surface area contributed by atoms with E-state index in [1.54, 1.807) is 0 Å². The van der Waals surface area contributed by atoms with E-state index in [0.29, 0.717) is 12.6 Å². The second-order valence-corrected chi connectivity index (χ2v) is 5.35. The van der Waals surface area contributed by atoms with Crippen molar-refractivity contribution in [1.29, 1.82) is 0 Å². The zero-order valence-electron chi connectivity index (χ0n) is 10.2. The first-order valence-electron chi connectivity index (χ1n) is 6.03. The molecule has 3 heteroatoms. The van der Waals surface area contributed by atoms with Crippen molar-refractivity contribution in [2.75, 3.05) is 13.1 Å². The van der Waals surface area contributed by atoms with Crippen LogP contribution in [0.2, 0.25) is 0 Å². The van der Waals surface area contributed by atoms with Crippen LogP contribution >= 0.6 is 0 Å². The summed E-state index contributed by atoms with van der Waals surface area (Å²) in [7, 11) is 0. The summed E-state index contributed by atoms with van der Waals surface area (Å²) in [5, 5.41) is 6.20. The van der Waals surface area contributed by atoms with Crippen LogP contribution in [0.4, 0.5) is 0 Å². The molecule has 0 saturated heterocycles. The number of amides is 1. The molecule has 0 atom stereocenters. The summed E-state index contributed by atoms with van der Waals surface area (Å²) in [6.45, 7) is 7.84. The minimum atomic E-state index is 0.131. The van der Waals surface area contributed by atoms with Gasteiger partial charge in [-0.15, -0.1) is 0 Å². The third kappa shape index (κ3) is 5.78. The molecule has 0 aromatic heterocycles. The summed E-state index contributed by atoms with van der Waals surface area (Å²) in [5.41, 5.74) is 0.226. The van der Waals surface area contributed by atoms with Gasteiger partial charge < -0.3 is 10.6 Å². The first-order chi connectivity index (χ1) is 7.03. The van der Waals surface area contributed by atoms with Crippen molar-refractivity contribution in [3.63, 3.8) is 0 Å². The van der Waals surface area contributed by atoms with Crippen molar-refractivity contribution >= 4 is 5.91 Å². The monoisotopic (exact) mass is 212 g/mol. The maximum atomic E-state index is 11.5. The third-order valence-corrected chi connectivity index (χ3v) is 2.82. The first kappa shape index (κ1) is 12.5. The van der Waals surface area contributed by atoms with E-state index in [1.165, 1.54) is 19.3 Å². The molecule has 1 aliphatic rings. The SMILES string of the molecule is CCCC(C)(C)CNC(=O)CNC1CC1. The largest absolute Gasteiger partial charge is 0.354 e. The van der Waals surface area contributed by atoms with Crippen molar-refractivity contribution in [3.8, 4) is 0 Å². The molecule has 88 valence electrons. The number of hydrogen-bond acceptors (Lipinski definition) is 2. The molecular weight excluding hydrogens is 188 g/mol. The molecule has 1 rings (SSSR count). The molecule has 0 bridgehead atoms. The molecule has 0 aromatic rings. The molecule has 0 aliphatic heterocycles. The summed E-state index contributed by atoms with van der Waals surface area (Å²) in [6.07, 6.45) is 4.79. The fraction of sp³-hybridized carbons (Fsp3) is 0.917. The van der Waals surface area contributed by atoms with Gasteiger partial charge in [0.2, 0.25) is 5.91 Å². The first-order valence-corrected chi connectivity index (χ1v) is 6.03. The maximum Gasteiger partial charge on any atom is 0.233 e. The van der Waals surface area contributed by atoms with Gasteiger partial charge in [-0.2, -0.15) is 0 Å². The number of carbonyl (C=O) groups is 1. The van der Waals surface area contributed by atoms with Gasteiger partial charge >= 0.3 is 0 Å². The topological polar surface area (TPSA) is 41.1 Å². The standard InChI is InChI=1S/C12H24N2O/c1-4-7-12(2,3)9-14-11(15)8-13-10-5-6-10/h10,13H,4-9H2,1-3H3,(H,14,15). The Kier molecular flexibility index (Phi) is 4.58. The van der Waals surface area contributed by atoms with Crippen LogP contribution < -0.4 is 10.6 Å². The van der Waals surface area contributed by atoms with E-state index in [0.717, 1.165) is 13.0 Å². The second kappa shape index (κ2) is 5.50. The molecule has 3 nitrogen and oxygen atoms in total. The van der Waals surface area contributed by atoms with E-state index in [-0.39, 0.29) is 11.3 Å². The summed E-state index contributed by atoms with van der Waals surface area (Å²) >= 11 is 0. The van der Waals surface area contributed by atoms with E-state index in [2.05, 4.69) is 31.4 Å². The van der Waals surface area contributed by atoms with Gasteiger partial charge in [0.25, 0.3) is 0 Å². The summed E-state index contributed by atoms with van der Waals surface area (Å²) < 4.78 is 0. The summed E-state index contributed by atoms with van der Waals surface area (Å²) in [5.74, 6) is 0.131. The molecule has 1 amide bonds. The minimum Gasteiger partial charge on any atom is -0.354 e. The van der Waals surface area contributed by atoms with Crippen LogP contribution in [0.1, 0.15) is 46.5 Å². The Labute approximate surface area is 93.0 Å². The average molecular weight is 212 g/mol. The Hall–Kier alpha value is -0.570. The van der Waals surface area contributed by atoms with Gasteiger partial charge in [-0.25, -0.2) is 0 Å². The lowest BCUT2D eigenvalue weighted by Gasteiger charge is -2.24. The molecule has 2 N–H and O–H groups in total. The van der Waals surface area contributed by atoms with E-state index >= 15 is 0 Å². The Morgan fingerprint density at radius 2 is 2.07 bits per heavy atom. The van der Waals surface area contributed by atoms with Crippen LogP contribution in [0.15, 0.2) is 0 Å². The highest BCUT2D eigenvalue weighted by Crippen LogP contribution is 2.20. The fourth-order valence-electron chi connectivity index (χ4n) is 1.69. The van der Waals surface area contributed by atoms with Crippen molar-refractivity contribution < 1.29 is 4.79 Å². The highest BCUT2D eigenvalue weighted by Gasteiger charge is 2.22. The van der Waals surface area contributed by atoms with Gasteiger partial charge in [-0.05, 0) is 24.7 Å². The Bertz CT molecular complexity index is 210. The maximum absolute atomic E-state index is 11.5. The van der Waals surface area contributed by atoms with Crippen molar-refractivity contribution in [3.05, 3.63) is 0 Å². The Balaban J connectivity index is 2.08. The molecular formula is C12H24N2O. The molecule has 1 saturated carbocycles. The van der Waals surface area contributed by atoms with Crippen LogP contribution in [0.25, 0.3) is 0 Å². The van der Waals surface area contributed by atoms with Crippen LogP contribution in [-0.4, -0.2) is 25.0 Å². The average Bonchev–Trinajstić information content (AvgIpc) is 2.95.